The zero-order chi connectivity index (χ0) is 17.5. The van der Waals surface area contributed by atoms with Gasteiger partial charge in [0, 0.05) is 25.2 Å². The summed E-state index contributed by atoms with van der Waals surface area (Å²) in [4.78, 5) is 25.8. The summed E-state index contributed by atoms with van der Waals surface area (Å²) < 4.78 is 5.62. The summed E-state index contributed by atoms with van der Waals surface area (Å²) in [5.41, 5.74) is 1.02. The largest absolute Gasteiger partial charge is 0.484 e. The highest BCUT2D eigenvalue weighted by atomic mass is 16.5. The molecular formula is C18H27N3O3. The van der Waals surface area contributed by atoms with Gasteiger partial charge in [0.05, 0.1) is 0 Å². The lowest BCUT2D eigenvalue weighted by Crippen LogP contribution is -2.50. The van der Waals surface area contributed by atoms with E-state index in [0.29, 0.717) is 13.1 Å². The highest BCUT2D eigenvalue weighted by Crippen LogP contribution is 2.17. The minimum atomic E-state index is -0.141. The van der Waals surface area contributed by atoms with Crippen molar-refractivity contribution >= 4 is 11.9 Å². The summed E-state index contributed by atoms with van der Waals surface area (Å²) >= 11 is 0. The maximum atomic E-state index is 12.3. The number of hydrogen-bond donors (Lipinski definition) is 2. The monoisotopic (exact) mass is 333 g/mol. The van der Waals surface area contributed by atoms with Crippen LogP contribution in [-0.2, 0) is 4.79 Å². The molecule has 1 aromatic carbocycles. The third-order valence-corrected chi connectivity index (χ3v) is 4.05. The Morgan fingerprint density at radius 2 is 1.92 bits per heavy atom. The number of carbonyl (C=O) groups excluding carboxylic acids is 2. The molecule has 1 aliphatic rings. The molecule has 0 aliphatic carbocycles. The van der Waals surface area contributed by atoms with E-state index in [1.807, 2.05) is 45.0 Å². The summed E-state index contributed by atoms with van der Waals surface area (Å²) in [7, 11) is 0. The Morgan fingerprint density at radius 1 is 1.25 bits per heavy atom. The van der Waals surface area contributed by atoms with Gasteiger partial charge in [0.15, 0.2) is 6.61 Å². The molecule has 1 aromatic rings. The van der Waals surface area contributed by atoms with Gasteiger partial charge in [-0.2, -0.15) is 0 Å². The van der Waals surface area contributed by atoms with Crippen LogP contribution in [0, 0.1) is 6.92 Å². The SMILES string of the molecule is Cc1ccccc1OCC(=O)N1CCC(NC(=O)NC(C)C)CC1. The van der Waals surface area contributed by atoms with E-state index in [9.17, 15) is 9.59 Å². The van der Waals surface area contributed by atoms with Crippen molar-refractivity contribution in [3.05, 3.63) is 29.8 Å². The molecule has 0 bridgehead atoms. The molecule has 0 aromatic heterocycles. The molecule has 6 heteroatoms. The predicted molar refractivity (Wildman–Crippen MR) is 93.1 cm³/mol. The highest BCUT2D eigenvalue weighted by Gasteiger charge is 2.24. The number of amides is 3. The van der Waals surface area contributed by atoms with Crippen LogP contribution < -0.4 is 15.4 Å². The first-order valence-electron chi connectivity index (χ1n) is 8.49. The lowest BCUT2D eigenvalue weighted by Gasteiger charge is -2.32. The first-order chi connectivity index (χ1) is 11.5. The van der Waals surface area contributed by atoms with Crippen molar-refractivity contribution in [2.24, 2.45) is 0 Å². The number of piperidine rings is 1. The van der Waals surface area contributed by atoms with Gasteiger partial charge >= 0.3 is 6.03 Å². The second-order valence-corrected chi connectivity index (χ2v) is 6.48. The maximum absolute atomic E-state index is 12.3. The number of nitrogens with zero attached hydrogens (tertiary/aromatic N) is 1. The average molecular weight is 333 g/mol. The predicted octanol–water partition coefficient (Wildman–Crippen LogP) is 2.07. The summed E-state index contributed by atoms with van der Waals surface area (Å²) in [5.74, 6) is 0.732. The molecule has 0 spiro atoms. The standard InChI is InChI=1S/C18H27N3O3/c1-13(2)19-18(23)20-15-8-10-21(11-9-15)17(22)12-24-16-7-5-4-6-14(16)3/h4-7,13,15H,8-12H2,1-3H3,(H2,19,20,23). The van der Waals surface area contributed by atoms with Crippen molar-refractivity contribution in [2.45, 2.75) is 45.7 Å². The van der Waals surface area contributed by atoms with Crippen LogP contribution in [0.3, 0.4) is 0 Å². The van der Waals surface area contributed by atoms with E-state index in [0.717, 1.165) is 24.2 Å². The van der Waals surface area contributed by atoms with E-state index < -0.39 is 0 Å². The number of hydrogen-bond acceptors (Lipinski definition) is 3. The summed E-state index contributed by atoms with van der Waals surface area (Å²) in [5, 5.41) is 5.77. The second kappa shape index (κ2) is 8.57. The maximum Gasteiger partial charge on any atom is 0.315 e. The van der Waals surface area contributed by atoms with Crippen molar-refractivity contribution in [2.75, 3.05) is 19.7 Å². The minimum Gasteiger partial charge on any atom is -0.484 e. The number of urea groups is 1. The van der Waals surface area contributed by atoms with Gasteiger partial charge in [0.2, 0.25) is 0 Å². The Balaban J connectivity index is 1.72. The number of carbonyl (C=O) groups is 2. The summed E-state index contributed by atoms with van der Waals surface area (Å²) in [6, 6.07) is 7.75. The molecule has 2 N–H and O–H groups in total. The molecule has 1 heterocycles. The Bertz CT molecular complexity index is 566. The van der Waals surface area contributed by atoms with Gasteiger partial charge in [-0.15, -0.1) is 0 Å². The van der Waals surface area contributed by atoms with Gasteiger partial charge in [-0.1, -0.05) is 18.2 Å². The van der Waals surface area contributed by atoms with Crippen LogP contribution in [0.1, 0.15) is 32.3 Å². The zero-order valence-electron chi connectivity index (χ0n) is 14.7. The van der Waals surface area contributed by atoms with Crippen LogP contribution in [-0.4, -0.2) is 48.6 Å². The van der Waals surface area contributed by atoms with Gasteiger partial charge in [-0.25, -0.2) is 4.79 Å². The lowest BCUT2D eigenvalue weighted by atomic mass is 10.1. The van der Waals surface area contributed by atoms with Crippen LogP contribution in [0.25, 0.3) is 0 Å². The molecule has 0 atom stereocenters. The summed E-state index contributed by atoms with van der Waals surface area (Å²) in [6.45, 7) is 7.14. The Labute approximate surface area is 143 Å². The van der Waals surface area contributed by atoms with Gasteiger partial charge in [0.1, 0.15) is 5.75 Å². The lowest BCUT2D eigenvalue weighted by molar-refractivity contribution is -0.134. The number of aryl methyl sites for hydroxylation is 1. The molecule has 0 unspecified atom stereocenters. The smallest absolute Gasteiger partial charge is 0.315 e. The van der Waals surface area contributed by atoms with E-state index in [4.69, 9.17) is 4.74 Å². The fourth-order valence-corrected chi connectivity index (χ4v) is 2.71. The number of rotatable bonds is 5. The van der Waals surface area contributed by atoms with Crippen molar-refractivity contribution in [1.82, 2.24) is 15.5 Å². The molecule has 3 amide bonds. The van der Waals surface area contributed by atoms with E-state index in [-0.39, 0.29) is 30.6 Å². The molecule has 0 radical (unpaired) electrons. The fraction of sp³-hybridized carbons (Fsp3) is 0.556. The molecule has 2 rings (SSSR count). The van der Waals surface area contributed by atoms with E-state index in [1.54, 1.807) is 4.90 Å². The molecular weight excluding hydrogens is 306 g/mol. The second-order valence-electron chi connectivity index (χ2n) is 6.48. The molecule has 0 saturated carbocycles. The zero-order valence-corrected chi connectivity index (χ0v) is 14.7. The molecule has 1 fully saturated rings. The van der Waals surface area contributed by atoms with Crippen molar-refractivity contribution < 1.29 is 14.3 Å². The van der Waals surface area contributed by atoms with Crippen LogP contribution >= 0.6 is 0 Å². The summed E-state index contributed by atoms with van der Waals surface area (Å²) in [6.07, 6.45) is 1.53. The first-order valence-corrected chi connectivity index (χ1v) is 8.49. The number of likely N-dealkylation sites (tertiary alicyclic amines) is 1. The van der Waals surface area contributed by atoms with Gasteiger partial charge in [-0.05, 0) is 45.2 Å². The van der Waals surface area contributed by atoms with Crippen molar-refractivity contribution in [1.29, 1.82) is 0 Å². The topological polar surface area (TPSA) is 70.7 Å². The fourth-order valence-electron chi connectivity index (χ4n) is 2.71. The van der Waals surface area contributed by atoms with Gasteiger partial charge in [-0.3, -0.25) is 4.79 Å². The Kier molecular flexibility index (Phi) is 6.46. The minimum absolute atomic E-state index is 0.0108. The number of benzene rings is 1. The van der Waals surface area contributed by atoms with E-state index in [1.165, 1.54) is 0 Å². The molecule has 6 nitrogen and oxygen atoms in total. The number of ether oxygens (including phenoxy) is 1. The molecule has 1 saturated heterocycles. The quantitative estimate of drug-likeness (QED) is 0.866. The van der Waals surface area contributed by atoms with E-state index in [2.05, 4.69) is 10.6 Å². The third kappa shape index (κ3) is 5.44. The Morgan fingerprint density at radius 3 is 2.54 bits per heavy atom. The Hall–Kier alpha value is -2.24. The van der Waals surface area contributed by atoms with Crippen LogP contribution in [0.15, 0.2) is 24.3 Å². The van der Waals surface area contributed by atoms with Crippen molar-refractivity contribution in [3.63, 3.8) is 0 Å². The third-order valence-electron chi connectivity index (χ3n) is 4.05. The first kappa shape index (κ1) is 18.1. The normalized spacial score (nSPS) is 15.2. The molecule has 132 valence electrons. The molecule has 24 heavy (non-hydrogen) atoms. The van der Waals surface area contributed by atoms with Crippen LogP contribution in [0.4, 0.5) is 4.79 Å². The molecule has 1 aliphatic heterocycles. The van der Waals surface area contributed by atoms with Crippen LogP contribution in [0.2, 0.25) is 0 Å². The highest BCUT2D eigenvalue weighted by molar-refractivity contribution is 5.78. The van der Waals surface area contributed by atoms with Gasteiger partial charge in [0.25, 0.3) is 5.91 Å². The number of nitrogens with one attached hydrogen (secondary N) is 2. The van der Waals surface area contributed by atoms with Crippen LogP contribution in [0.5, 0.6) is 5.75 Å². The van der Waals surface area contributed by atoms with Crippen molar-refractivity contribution in [3.8, 4) is 5.75 Å². The van der Waals surface area contributed by atoms with Gasteiger partial charge < -0.3 is 20.3 Å². The number of para-hydroxylation sites is 1. The average Bonchev–Trinajstić information content (AvgIpc) is 2.53. The van der Waals surface area contributed by atoms with E-state index >= 15 is 0 Å².